The van der Waals surface area contributed by atoms with Gasteiger partial charge in [0.1, 0.15) is 5.01 Å². The van der Waals surface area contributed by atoms with E-state index in [1.165, 1.54) is 11.3 Å². The first-order valence-corrected chi connectivity index (χ1v) is 10.4. The Hall–Kier alpha value is -3.06. The van der Waals surface area contributed by atoms with Crippen LogP contribution in [0.5, 0.6) is 0 Å². The molecule has 0 bridgehead atoms. The number of ether oxygens (including phenoxy) is 1. The summed E-state index contributed by atoms with van der Waals surface area (Å²) in [6.45, 7) is 3.76. The highest BCUT2D eigenvalue weighted by Crippen LogP contribution is 2.23. The van der Waals surface area contributed by atoms with Crippen molar-refractivity contribution in [3.63, 3.8) is 0 Å². The van der Waals surface area contributed by atoms with Gasteiger partial charge in [-0.2, -0.15) is 0 Å². The first kappa shape index (κ1) is 20.7. The van der Waals surface area contributed by atoms with Gasteiger partial charge in [0.2, 0.25) is 0 Å². The first-order valence-electron chi connectivity index (χ1n) is 9.51. The molecule has 0 saturated carbocycles. The summed E-state index contributed by atoms with van der Waals surface area (Å²) in [6.07, 6.45) is 5.07. The lowest BCUT2D eigenvalue weighted by atomic mass is 10.0. The fourth-order valence-corrected chi connectivity index (χ4v) is 3.74. The number of nitrogens with one attached hydrogen (secondary N) is 1. The van der Waals surface area contributed by atoms with E-state index >= 15 is 0 Å². The smallest absolute Gasteiger partial charge is 0.312 e. The molecule has 1 N–H and O–H groups in total. The number of pyridine rings is 1. The topological polar surface area (TPSA) is 81.2 Å². The van der Waals surface area contributed by atoms with Gasteiger partial charge < -0.3 is 10.1 Å². The third-order valence-corrected chi connectivity index (χ3v) is 5.35. The van der Waals surface area contributed by atoms with E-state index < -0.39 is 5.97 Å². The largest absolute Gasteiger partial charge is 0.455 e. The predicted octanol–water partition coefficient (Wildman–Crippen LogP) is 4.05. The van der Waals surface area contributed by atoms with Gasteiger partial charge in [-0.05, 0) is 36.1 Å². The van der Waals surface area contributed by atoms with E-state index in [-0.39, 0.29) is 18.9 Å². The van der Waals surface area contributed by atoms with E-state index in [0.29, 0.717) is 5.69 Å². The Bertz CT molecular complexity index is 964. The number of esters is 1. The van der Waals surface area contributed by atoms with Gasteiger partial charge in [0.05, 0.1) is 12.1 Å². The van der Waals surface area contributed by atoms with Crippen LogP contribution in [-0.4, -0.2) is 28.5 Å². The second-order valence-electron chi connectivity index (χ2n) is 6.43. The van der Waals surface area contributed by atoms with Crippen LogP contribution in [0, 0.1) is 0 Å². The summed E-state index contributed by atoms with van der Waals surface area (Å²) in [7, 11) is 0. The predicted molar refractivity (Wildman–Crippen MR) is 114 cm³/mol. The zero-order chi connectivity index (χ0) is 20.6. The maximum absolute atomic E-state index is 12.3. The van der Waals surface area contributed by atoms with E-state index in [2.05, 4.69) is 15.3 Å². The molecule has 0 atom stereocenters. The number of aromatic nitrogens is 2. The Kier molecular flexibility index (Phi) is 7.08. The molecule has 2 heterocycles. The van der Waals surface area contributed by atoms with Gasteiger partial charge in [0.15, 0.2) is 6.61 Å². The van der Waals surface area contributed by atoms with Crippen molar-refractivity contribution in [2.45, 2.75) is 33.1 Å². The Morgan fingerprint density at radius 3 is 2.52 bits per heavy atom. The number of anilines is 1. The van der Waals surface area contributed by atoms with Gasteiger partial charge >= 0.3 is 5.97 Å². The zero-order valence-corrected chi connectivity index (χ0v) is 17.3. The molecule has 150 valence electrons. The molecule has 1 aromatic carbocycles. The molecular weight excluding hydrogens is 386 g/mol. The van der Waals surface area contributed by atoms with Crippen LogP contribution in [0.2, 0.25) is 0 Å². The first-order chi connectivity index (χ1) is 14.1. The SMILES string of the molecule is CCc1cccc(CC)c1NC(=O)COC(=O)Cc1csc(-c2cccnc2)n1. The molecule has 0 saturated heterocycles. The molecule has 6 nitrogen and oxygen atoms in total. The van der Waals surface area contributed by atoms with Crippen LogP contribution in [0.4, 0.5) is 5.69 Å². The number of thiazole rings is 1. The highest BCUT2D eigenvalue weighted by molar-refractivity contribution is 7.13. The molecule has 7 heteroatoms. The number of carbonyl (C=O) groups is 2. The van der Waals surface area contributed by atoms with Gasteiger partial charge in [0, 0.05) is 29.0 Å². The number of amides is 1. The molecule has 0 aliphatic carbocycles. The molecule has 3 aromatic rings. The minimum atomic E-state index is -0.484. The number of carbonyl (C=O) groups excluding carboxylic acids is 2. The molecule has 2 aromatic heterocycles. The molecule has 1 amide bonds. The van der Waals surface area contributed by atoms with E-state index in [9.17, 15) is 9.59 Å². The van der Waals surface area contributed by atoms with E-state index in [0.717, 1.165) is 40.2 Å². The Morgan fingerprint density at radius 1 is 1.10 bits per heavy atom. The van der Waals surface area contributed by atoms with Crippen LogP contribution in [0.25, 0.3) is 10.6 Å². The van der Waals surface area contributed by atoms with Crippen molar-refractivity contribution in [1.29, 1.82) is 0 Å². The van der Waals surface area contributed by atoms with Crippen LogP contribution in [-0.2, 0) is 33.6 Å². The maximum atomic E-state index is 12.3. The average molecular weight is 410 g/mol. The molecule has 0 unspecified atom stereocenters. The maximum Gasteiger partial charge on any atom is 0.312 e. The van der Waals surface area contributed by atoms with E-state index in [1.807, 2.05) is 49.6 Å². The lowest BCUT2D eigenvalue weighted by molar-refractivity contribution is -0.146. The molecule has 0 spiro atoms. The Labute approximate surface area is 174 Å². The summed E-state index contributed by atoms with van der Waals surface area (Å²) in [5.74, 6) is -0.828. The van der Waals surface area contributed by atoms with Crippen molar-refractivity contribution in [2.75, 3.05) is 11.9 Å². The summed E-state index contributed by atoms with van der Waals surface area (Å²) in [6, 6.07) is 9.72. The molecule has 3 rings (SSSR count). The summed E-state index contributed by atoms with van der Waals surface area (Å²) in [5.41, 5.74) is 4.46. The normalized spacial score (nSPS) is 10.6. The fraction of sp³-hybridized carbons (Fsp3) is 0.273. The van der Waals surface area contributed by atoms with Gasteiger partial charge in [-0.3, -0.25) is 14.6 Å². The number of hydrogen-bond acceptors (Lipinski definition) is 6. The molecule has 0 radical (unpaired) electrons. The van der Waals surface area contributed by atoms with Crippen molar-refractivity contribution < 1.29 is 14.3 Å². The van der Waals surface area contributed by atoms with Crippen molar-refractivity contribution in [2.24, 2.45) is 0 Å². The molecule has 0 aliphatic rings. The second-order valence-corrected chi connectivity index (χ2v) is 7.29. The van der Waals surface area contributed by atoms with Crippen molar-refractivity contribution in [3.05, 3.63) is 64.9 Å². The third kappa shape index (κ3) is 5.48. The van der Waals surface area contributed by atoms with Gasteiger partial charge in [-0.1, -0.05) is 32.0 Å². The third-order valence-electron chi connectivity index (χ3n) is 4.41. The monoisotopic (exact) mass is 409 g/mol. The molecule has 0 aliphatic heterocycles. The highest BCUT2D eigenvalue weighted by Gasteiger charge is 2.14. The number of rotatable bonds is 8. The van der Waals surface area contributed by atoms with Gasteiger partial charge in [-0.25, -0.2) is 4.98 Å². The van der Waals surface area contributed by atoms with E-state index in [4.69, 9.17) is 4.74 Å². The number of aryl methyl sites for hydroxylation is 2. The Balaban J connectivity index is 1.54. The molecule has 0 fully saturated rings. The van der Waals surface area contributed by atoms with Crippen LogP contribution in [0.3, 0.4) is 0 Å². The minimum Gasteiger partial charge on any atom is -0.455 e. The van der Waals surface area contributed by atoms with Crippen molar-refractivity contribution >= 4 is 28.9 Å². The number of nitrogens with zero attached hydrogens (tertiary/aromatic N) is 2. The summed E-state index contributed by atoms with van der Waals surface area (Å²) in [4.78, 5) is 32.9. The van der Waals surface area contributed by atoms with Crippen LogP contribution in [0.1, 0.15) is 30.7 Å². The lowest BCUT2D eigenvalue weighted by Crippen LogP contribution is -2.23. The number of benzene rings is 1. The highest BCUT2D eigenvalue weighted by atomic mass is 32.1. The summed E-state index contributed by atoms with van der Waals surface area (Å²) in [5, 5.41) is 5.50. The minimum absolute atomic E-state index is 0.0236. The summed E-state index contributed by atoms with van der Waals surface area (Å²) >= 11 is 1.44. The zero-order valence-electron chi connectivity index (χ0n) is 16.5. The molecular formula is C22H23N3O3S. The quantitative estimate of drug-likeness (QED) is 0.568. The van der Waals surface area contributed by atoms with Gasteiger partial charge in [-0.15, -0.1) is 11.3 Å². The van der Waals surface area contributed by atoms with Crippen LogP contribution >= 0.6 is 11.3 Å². The fourth-order valence-electron chi connectivity index (χ4n) is 2.93. The van der Waals surface area contributed by atoms with Crippen molar-refractivity contribution in [3.8, 4) is 10.6 Å². The molecule has 29 heavy (non-hydrogen) atoms. The summed E-state index contributed by atoms with van der Waals surface area (Å²) < 4.78 is 5.14. The number of para-hydroxylation sites is 1. The average Bonchev–Trinajstić information content (AvgIpc) is 3.21. The van der Waals surface area contributed by atoms with Crippen LogP contribution in [0.15, 0.2) is 48.1 Å². The standard InChI is InChI=1S/C22H23N3O3S/c1-3-15-7-5-8-16(4-2)21(15)25-19(26)13-28-20(27)11-18-14-29-22(24-18)17-9-6-10-23-12-17/h5-10,12,14H,3-4,11,13H2,1-2H3,(H,25,26). The van der Waals surface area contributed by atoms with Crippen LogP contribution < -0.4 is 5.32 Å². The Morgan fingerprint density at radius 2 is 1.86 bits per heavy atom. The van der Waals surface area contributed by atoms with E-state index in [1.54, 1.807) is 12.4 Å². The lowest BCUT2D eigenvalue weighted by Gasteiger charge is -2.14. The van der Waals surface area contributed by atoms with Gasteiger partial charge in [0.25, 0.3) is 5.91 Å². The number of hydrogen-bond donors (Lipinski definition) is 1. The second kappa shape index (κ2) is 9.93. The van der Waals surface area contributed by atoms with Crippen molar-refractivity contribution in [1.82, 2.24) is 9.97 Å².